The highest BCUT2D eigenvalue weighted by Crippen LogP contribution is 2.37. The van der Waals surface area contributed by atoms with Crippen molar-refractivity contribution < 1.29 is 9.53 Å². The van der Waals surface area contributed by atoms with E-state index in [1.54, 1.807) is 19.1 Å². The topological polar surface area (TPSA) is 29.5 Å². The molecule has 0 saturated heterocycles. The van der Waals surface area contributed by atoms with Crippen LogP contribution in [0.25, 0.3) is 0 Å². The van der Waals surface area contributed by atoms with Crippen LogP contribution >= 0.6 is 31.9 Å². The second-order valence-corrected chi connectivity index (χ2v) is 4.73. The summed E-state index contributed by atoms with van der Waals surface area (Å²) in [5, 5.41) is 0. The van der Waals surface area contributed by atoms with Gasteiger partial charge in [0.05, 0.1) is 16.1 Å². The number of anilines is 1. The summed E-state index contributed by atoms with van der Waals surface area (Å²) < 4.78 is 6.79. The number of rotatable bonds is 2. The maximum absolute atomic E-state index is 11.2. The highest BCUT2D eigenvalue weighted by Gasteiger charge is 2.12. The number of amides is 1. The summed E-state index contributed by atoms with van der Waals surface area (Å²) in [5.41, 5.74) is 0.807. The fourth-order valence-electron chi connectivity index (χ4n) is 1.12. The van der Waals surface area contributed by atoms with E-state index in [4.69, 9.17) is 4.74 Å². The first kappa shape index (κ1) is 12.5. The number of benzene rings is 1. The smallest absolute Gasteiger partial charge is 0.223 e. The largest absolute Gasteiger partial charge is 0.494 e. The second kappa shape index (κ2) is 4.99. The first-order chi connectivity index (χ1) is 6.97. The van der Waals surface area contributed by atoms with Gasteiger partial charge in [0.25, 0.3) is 0 Å². The molecule has 0 unspecified atom stereocenters. The van der Waals surface area contributed by atoms with E-state index in [9.17, 15) is 4.79 Å². The van der Waals surface area contributed by atoms with Gasteiger partial charge in [0, 0.05) is 19.7 Å². The molecule has 15 heavy (non-hydrogen) atoms. The fourth-order valence-corrected chi connectivity index (χ4v) is 2.60. The zero-order chi connectivity index (χ0) is 11.6. The number of nitrogens with zero attached hydrogens (tertiary/aromatic N) is 1. The molecule has 0 aliphatic heterocycles. The molecule has 0 spiro atoms. The molecule has 0 aliphatic rings. The monoisotopic (exact) mass is 335 g/mol. The van der Waals surface area contributed by atoms with Crippen LogP contribution in [0.3, 0.4) is 0 Å². The molecular weight excluding hydrogens is 326 g/mol. The lowest BCUT2D eigenvalue weighted by Gasteiger charge is -2.17. The summed E-state index contributed by atoms with van der Waals surface area (Å²) >= 11 is 6.77. The van der Waals surface area contributed by atoms with E-state index >= 15 is 0 Å². The number of hydrogen-bond donors (Lipinski definition) is 0. The van der Waals surface area contributed by atoms with E-state index in [1.165, 1.54) is 6.92 Å². The van der Waals surface area contributed by atoms with Gasteiger partial charge in [0.2, 0.25) is 5.91 Å². The maximum atomic E-state index is 11.2. The average molecular weight is 337 g/mol. The molecule has 0 atom stereocenters. The Morgan fingerprint density at radius 2 is 1.80 bits per heavy atom. The molecule has 3 nitrogen and oxygen atoms in total. The van der Waals surface area contributed by atoms with Crippen LogP contribution in [0, 0.1) is 0 Å². The number of methoxy groups -OCH3 is 1. The third kappa shape index (κ3) is 2.72. The number of ether oxygens (including phenoxy) is 1. The Balaban J connectivity index is 3.19. The molecule has 0 aromatic heterocycles. The lowest BCUT2D eigenvalue weighted by atomic mass is 10.3. The summed E-state index contributed by atoms with van der Waals surface area (Å²) in [5.74, 6) is 0.703. The van der Waals surface area contributed by atoms with Gasteiger partial charge in [0.1, 0.15) is 5.75 Å². The van der Waals surface area contributed by atoms with Crippen LogP contribution in [-0.4, -0.2) is 20.1 Å². The minimum absolute atomic E-state index is 0.0148. The molecule has 0 radical (unpaired) electrons. The van der Waals surface area contributed by atoms with Crippen molar-refractivity contribution in [2.24, 2.45) is 0 Å². The third-order valence-corrected chi connectivity index (χ3v) is 3.22. The van der Waals surface area contributed by atoms with Crippen molar-refractivity contribution in [2.45, 2.75) is 6.92 Å². The van der Waals surface area contributed by atoms with Gasteiger partial charge >= 0.3 is 0 Å². The van der Waals surface area contributed by atoms with Gasteiger partial charge in [-0.1, -0.05) is 0 Å². The standard InChI is InChI=1S/C10H11Br2NO2/c1-6(14)13(2)7-4-8(11)10(15-3)9(12)5-7/h4-5H,1-3H3. The Labute approximate surface area is 106 Å². The van der Waals surface area contributed by atoms with Crippen molar-refractivity contribution >= 4 is 43.5 Å². The molecule has 0 bridgehead atoms. The number of carbonyl (C=O) groups excluding carboxylic acids is 1. The summed E-state index contributed by atoms with van der Waals surface area (Å²) in [7, 11) is 3.32. The molecule has 0 heterocycles. The normalized spacial score (nSPS) is 9.93. The highest BCUT2D eigenvalue weighted by atomic mass is 79.9. The lowest BCUT2D eigenvalue weighted by molar-refractivity contribution is -0.116. The number of carbonyl (C=O) groups is 1. The second-order valence-electron chi connectivity index (χ2n) is 3.02. The van der Waals surface area contributed by atoms with E-state index in [0.717, 1.165) is 20.4 Å². The van der Waals surface area contributed by atoms with Crippen LogP contribution in [0.15, 0.2) is 21.1 Å². The first-order valence-corrected chi connectivity index (χ1v) is 5.83. The van der Waals surface area contributed by atoms with Crippen molar-refractivity contribution in [1.82, 2.24) is 0 Å². The summed E-state index contributed by atoms with van der Waals surface area (Å²) in [6.07, 6.45) is 0. The molecular formula is C10H11Br2NO2. The van der Waals surface area contributed by atoms with Crippen molar-refractivity contribution in [2.75, 3.05) is 19.1 Å². The van der Waals surface area contributed by atoms with Gasteiger partial charge in [-0.2, -0.15) is 0 Å². The number of halogens is 2. The highest BCUT2D eigenvalue weighted by molar-refractivity contribution is 9.11. The lowest BCUT2D eigenvalue weighted by Crippen LogP contribution is -2.22. The van der Waals surface area contributed by atoms with Gasteiger partial charge in [0.15, 0.2) is 0 Å². The Hall–Kier alpha value is -0.550. The van der Waals surface area contributed by atoms with Crippen molar-refractivity contribution in [3.63, 3.8) is 0 Å². The predicted molar refractivity (Wildman–Crippen MR) is 67.5 cm³/mol. The van der Waals surface area contributed by atoms with Crippen LogP contribution in [0.1, 0.15) is 6.92 Å². The van der Waals surface area contributed by atoms with Gasteiger partial charge in [-0.3, -0.25) is 4.79 Å². The Morgan fingerprint density at radius 3 is 2.13 bits per heavy atom. The molecule has 1 amide bonds. The van der Waals surface area contributed by atoms with E-state index in [1.807, 2.05) is 12.1 Å². The van der Waals surface area contributed by atoms with E-state index < -0.39 is 0 Å². The molecule has 1 rings (SSSR count). The first-order valence-electron chi connectivity index (χ1n) is 4.24. The number of hydrogen-bond acceptors (Lipinski definition) is 2. The molecule has 0 aliphatic carbocycles. The zero-order valence-electron chi connectivity index (χ0n) is 8.67. The third-order valence-electron chi connectivity index (χ3n) is 2.05. The Bertz CT molecular complexity index is 370. The molecule has 5 heteroatoms. The van der Waals surface area contributed by atoms with Crippen molar-refractivity contribution in [3.8, 4) is 5.75 Å². The molecule has 0 N–H and O–H groups in total. The molecule has 82 valence electrons. The quantitative estimate of drug-likeness (QED) is 0.830. The van der Waals surface area contributed by atoms with Crippen LogP contribution in [-0.2, 0) is 4.79 Å². The molecule has 1 aromatic carbocycles. The van der Waals surface area contributed by atoms with Crippen LogP contribution in [0.5, 0.6) is 5.75 Å². The minimum atomic E-state index is -0.0148. The maximum Gasteiger partial charge on any atom is 0.223 e. The summed E-state index contributed by atoms with van der Waals surface area (Å²) in [4.78, 5) is 12.7. The van der Waals surface area contributed by atoms with Gasteiger partial charge in [-0.15, -0.1) is 0 Å². The van der Waals surface area contributed by atoms with Crippen LogP contribution in [0.2, 0.25) is 0 Å². The van der Waals surface area contributed by atoms with E-state index in [0.29, 0.717) is 0 Å². The molecule has 0 fully saturated rings. The molecule has 0 saturated carbocycles. The SMILES string of the molecule is COc1c(Br)cc(N(C)C(C)=O)cc1Br. The zero-order valence-corrected chi connectivity index (χ0v) is 11.8. The van der Waals surface area contributed by atoms with Gasteiger partial charge in [-0.25, -0.2) is 0 Å². The van der Waals surface area contributed by atoms with Crippen molar-refractivity contribution in [1.29, 1.82) is 0 Å². The average Bonchev–Trinajstić information content (AvgIpc) is 2.15. The van der Waals surface area contributed by atoms with Crippen molar-refractivity contribution in [3.05, 3.63) is 21.1 Å². The Morgan fingerprint density at radius 1 is 1.33 bits per heavy atom. The Kier molecular flexibility index (Phi) is 4.16. The fraction of sp³-hybridized carbons (Fsp3) is 0.300. The van der Waals surface area contributed by atoms with Crippen LogP contribution < -0.4 is 9.64 Å². The summed E-state index contributed by atoms with van der Waals surface area (Å²) in [6, 6.07) is 3.68. The van der Waals surface area contributed by atoms with Gasteiger partial charge < -0.3 is 9.64 Å². The summed E-state index contributed by atoms with van der Waals surface area (Å²) in [6.45, 7) is 1.52. The molecule has 1 aromatic rings. The van der Waals surface area contributed by atoms with Gasteiger partial charge in [-0.05, 0) is 44.0 Å². The van der Waals surface area contributed by atoms with E-state index in [-0.39, 0.29) is 5.91 Å². The predicted octanol–water partition coefficient (Wildman–Crippen LogP) is 3.20. The van der Waals surface area contributed by atoms with E-state index in [2.05, 4.69) is 31.9 Å². The minimum Gasteiger partial charge on any atom is -0.494 e. The van der Waals surface area contributed by atoms with Crippen LogP contribution in [0.4, 0.5) is 5.69 Å².